The van der Waals surface area contributed by atoms with Gasteiger partial charge in [0.15, 0.2) is 5.89 Å². The summed E-state index contributed by atoms with van der Waals surface area (Å²) < 4.78 is 5.66. The van der Waals surface area contributed by atoms with Gasteiger partial charge in [-0.15, -0.1) is 11.3 Å². The number of hydrogen-bond donors (Lipinski definition) is 0. The number of aryl methyl sites for hydroxylation is 1. The van der Waals surface area contributed by atoms with Crippen LogP contribution in [-0.4, -0.2) is 23.9 Å². The first-order valence-electron chi connectivity index (χ1n) is 5.98. The van der Waals surface area contributed by atoms with Crippen LogP contribution in [0.1, 0.15) is 24.3 Å². The SMILES string of the molecule is Cc1nc2c3c(sc2c(=O)o1)N1CCC[C@H]1N=C3. The van der Waals surface area contributed by atoms with Crippen LogP contribution < -0.4 is 10.5 Å². The van der Waals surface area contributed by atoms with E-state index in [0.717, 1.165) is 35.5 Å². The molecule has 0 aromatic carbocycles. The van der Waals surface area contributed by atoms with Gasteiger partial charge in [0.05, 0.1) is 5.56 Å². The summed E-state index contributed by atoms with van der Waals surface area (Å²) in [6, 6.07) is 0. The molecule has 0 unspecified atom stereocenters. The third-order valence-electron chi connectivity index (χ3n) is 3.45. The smallest absolute Gasteiger partial charge is 0.357 e. The molecule has 92 valence electrons. The highest BCUT2D eigenvalue weighted by molar-refractivity contribution is 7.23. The number of anilines is 1. The zero-order valence-electron chi connectivity index (χ0n) is 9.84. The molecule has 2 aliphatic rings. The van der Waals surface area contributed by atoms with E-state index in [-0.39, 0.29) is 11.8 Å². The molecule has 0 radical (unpaired) electrons. The molecule has 2 aromatic heterocycles. The lowest BCUT2D eigenvalue weighted by Crippen LogP contribution is -2.30. The van der Waals surface area contributed by atoms with Gasteiger partial charge in [-0.05, 0) is 12.8 Å². The van der Waals surface area contributed by atoms with Crippen molar-refractivity contribution in [1.29, 1.82) is 0 Å². The molecule has 1 atom stereocenters. The Bertz CT molecular complexity index is 731. The van der Waals surface area contributed by atoms with E-state index in [1.807, 2.05) is 6.21 Å². The molecule has 4 rings (SSSR count). The molecule has 0 N–H and O–H groups in total. The van der Waals surface area contributed by atoms with Gasteiger partial charge >= 0.3 is 5.63 Å². The van der Waals surface area contributed by atoms with Crippen LogP contribution in [0.15, 0.2) is 14.2 Å². The van der Waals surface area contributed by atoms with Gasteiger partial charge in [0.1, 0.15) is 21.4 Å². The van der Waals surface area contributed by atoms with Gasteiger partial charge in [0.25, 0.3) is 0 Å². The minimum Gasteiger partial charge on any atom is -0.408 e. The van der Waals surface area contributed by atoms with E-state index in [0.29, 0.717) is 10.6 Å². The van der Waals surface area contributed by atoms with Gasteiger partial charge in [-0.2, -0.15) is 0 Å². The maximum Gasteiger partial charge on any atom is 0.357 e. The molecule has 0 aliphatic carbocycles. The molecule has 1 saturated heterocycles. The Morgan fingerprint density at radius 2 is 2.44 bits per heavy atom. The lowest BCUT2D eigenvalue weighted by Gasteiger charge is -2.25. The van der Waals surface area contributed by atoms with E-state index in [1.165, 1.54) is 11.3 Å². The summed E-state index contributed by atoms with van der Waals surface area (Å²) in [5.74, 6) is 0.407. The quantitative estimate of drug-likeness (QED) is 0.727. The molecule has 18 heavy (non-hydrogen) atoms. The van der Waals surface area contributed by atoms with Crippen LogP contribution in [0.25, 0.3) is 10.2 Å². The van der Waals surface area contributed by atoms with E-state index in [9.17, 15) is 4.79 Å². The summed E-state index contributed by atoms with van der Waals surface area (Å²) in [5.41, 5.74) is 1.42. The van der Waals surface area contributed by atoms with Crippen molar-refractivity contribution in [2.24, 2.45) is 4.99 Å². The van der Waals surface area contributed by atoms with Crippen LogP contribution in [0.3, 0.4) is 0 Å². The van der Waals surface area contributed by atoms with Crippen molar-refractivity contribution in [3.8, 4) is 0 Å². The average Bonchev–Trinajstić information content (AvgIpc) is 2.91. The predicted octanol–water partition coefficient (Wildman–Crippen LogP) is 1.92. The molecule has 4 heterocycles. The molecule has 1 fully saturated rings. The topological polar surface area (TPSA) is 58.7 Å². The highest BCUT2D eigenvalue weighted by Crippen LogP contribution is 2.40. The summed E-state index contributed by atoms with van der Waals surface area (Å²) in [5, 5.41) is 1.12. The van der Waals surface area contributed by atoms with E-state index >= 15 is 0 Å². The average molecular weight is 261 g/mol. The summed E-state index contributed by atoms with van der Waals surface area (Å²) in [4.78, 5) is 23.0. The second-order valence-electron chi connectivity index (χ2n) is 4.61. The van der Waals surface area contributed by atoms with Gasteiger partial charge in [-0.3, -0.25) is 4.99 Å². The van der Waals surface area contributed by atoms with Gasteiger partial charge < -0.3 is 9.32 Å². The van der Waals surface area contributed by atoms with Crippen LogP contribution in [0, 0.1) is 6.92 Å². The minimum atomic E-state index is -0.291. The number of nitrogens with zero attached hydrogens (tertiary/aromatic N) is 3. The summed E-state index contributed by atoms with van der Waals surface area (Å²) >= 11 is 1.48. The van der Waals surface area contributed by atoms with Crippen molar-refractivity contribution in [2.45, 2.75) is 25.9 Å². The molecule has 0 saturated carbocycles. The highest BCUT2D eigenvalue weighted by Gasteiger charge is 2.31. The largest absolute Gasteiger partial charge is 0.408 e. The second kappa shape index (κ2) is 3.41. The Balaban J connectivity index is 2.07. The number of aromatic nitrogens is 1. The molecule has 2 aliphatic heterocycles. The van der Waals surface area contributed by atoms with Crippen molar-refractivity contribution in [3.63, 3.8) is 0 Å². The Morgan fingerprint density at radius 1 is 1.56 bits per heavy atom. The minimum absolute atomic E-state index is 0.249. The van der Waals surface area contributed by atoms with Crippen LogP contribution >= 0.6 is 11.3 Å². The highest BCUT2D eigenvalue weighted by atomic mass is 32.1. The summed E-state index contributed by atoms with van der Waals surface area (Å²) in [6.07, 6.45) is 4.35. The first kappa shape index (κ1) is 10.3. The fourth-order valence-corrected chi connectivity index (χ4v) is 3.83. The molecule has 5 nitrogen and oxygen atoms in total. The molecular formula is C12H11N3O2S. The Hall–Kier alpha value is -1.69. The van der Waals surface area contributed by atoms with Crippen LogP contribution in [0.2, 0.25) is 0 Å². The predicted molar refractivity (Wildman–Crippen MR) is 70.9 cm³/mol. The van der Waals surface area contributed by atoms with Crippen LogP contribution in [0.5, 0.6) is 0 Å². The number of aliphatic imine (C=N–C) groups is 1. The summed E-state index contributed by atoms with van der Waals surface area (Å²) in [6.45, 7) is 2.70. The van der Waals surface area contributed by atoms with E-state index < -0.39 is 0 Å². The maximum atomic E-state index is 11.9. The third kappa shape index (κ3) is 1.23. The zero-order valence-corrected chi connectivity index (χ0v) is 10.7. The monoisotopic (exact) mass is 261 g/mol. The van der Waals surface area contributed by atoms with Crippen LogP contribution in [-0.2, 0) is 0 Å². The molecular weight excluding hydrogens is 250 g/mol. The fourth-order valence-electron chi connectivity index (χ4n) is 2.66. The van der Waals surface area contributed by atoms with Crippen molar-refractivity contribution in [1.82, 2.24) is 4.98 Å². The first-order chi connectivity index (χ1) is 8.74. The van der Waals surface area contributed by atoms with Gasteiger partial charge in [0.2, 0.25) is 0 Å². The standard InChI is InChI=1S/C12H11N3O2S/c1-6-14-9-7-5-13-8-3-2-4-15(8)11(7)18-10(9)12(16)17-6/h5,8H,2-4H2,1H3/t8-/m0/s1. The fraction of sp³-hybridized carbons (Fsp3) is 0.417. The summed E-state index contributed by atoms with van der Waals surface area (Å²) in [7, 11) is 0. The molecule has 2 aromatic rings. The lowest BCUT2D eigenvalue weighted by atomic mass is 10.2. The number of rotatable bonds is 0. The van der Waals surface area contributed by atoms with Crippen molar-refractivity contribution < 1.29 is 4.42 Å². The van der Waals surface area contributed by atoms with Gasteiger partial charge in [-0.25, -0.2) is 9.78 Å². The molecule has 0 spiro atoms. The second-order valence-corrected chi connectivity index (χ2v) is 5.61. The number of hydrogen-bond acceptors (Lipinski definition) is 6. The van der Waals surface area contributed by atoms with Crippen molar-refractivity contribution >= 4 is 32.8 Å². The van der Waals surface area contributed by atoms with Crippen molar-refractivity contribution in [2.75, 3.05) is 11.4 Å². The molecule has 0 amide bonds. The number of thiophene rings is 1. The zero-order chi connectivity index (χ0) is 12.3. The van der Waals surface area contributed by atoms with Crippen molar-refractivity contribution in [3.05, 3.63) is 21.9 Å². The molecule has 6 heteroatoms. The first-order valence-corrected chi connectivity index (χ1v) is 6.80. The van der Waals surface area contributed by atoms with Gasteiger partial charge in [0, 0.05) is 19.7 Å². The Labute approximate surface area is 107 Å². The van der Waals surface area contributed by atoms with E-state index in [1.54, 1.807) is 6.92 Å². The van der Waals surface area contributed by atoms with E-state index in [4.69, 9.17) is 4.42 Å². The normalized spacial score (nSPS) is 21.4. The maximum absolute atomic E-state index is 11.9. The Kier molecular flexibility index (Phi) is 1.94. The van der Waals surface area contributed by atoms with Crippen LogP contribution in [0.4, 0.5) is 5.00 Å². The van der Waals surface area contributed by atoms with E-state index in [2.05, 4.69) is 14.9 Å². The lowest BCUT2D eigenvalue weighted by molar-refractivity contribution is 0.468. The third-order valence-corrected chi connectivity index (χ3v) is 4.66. The number of fused-ring (bicyclic) bond motifs is 5. The molecule has 0 bridgehead atoms. The Morgan fingerprint density at radius 3 is 3.33 bits per heavy atom. The van der Waals surface area contributed by atoms with Gasteiger partial charge in [-0.1, -0.05) is 0 Å².